The molecule has 6 heteroatoms. The molecule has 0 spiro atoms. The van der Waals surface area contributed by atoms with Crippen LogP contribution in [-0.4, -0.2) is 20.9 Å². The van der Waals surface area contributed by atoms with Crippen molar-refractivity contribution in [3.63, 3.8) is 0 Å². The number of ether oxygens (including phenoxy) is 1. The Bertz CT molecular complexity index is 1080. The Labute approximate surface area is 168 Å². The van der Waals surface area contributed by atoms with E-state index in [0.29, 0.717) is 23.7 Å². The number of carbonyl (C=O) groups excluding carboxylic acids is 1. The fraction of sp³-hybridized carbons (Fsp3) is 0.0435. The van der Waals surface area contributed by atoms with E-state index in [2.05, 4.69) is 20.3 Å². The van der Waals surface area contributed by atoms with Gasteiger partial charge >= 0.3 is 0 Å². The van der Waals surface area contributed by atoms with Gasteiger partial charge in [-0.15, -0.1) is 0 Å². The number of nitrogens with one attached hydrogen (secondary N) is 1. The maximum Gasteiger partial charge on any atom is 0.251 e. The summed E-state index contributed by atoms with van der Waals surface area (Å²) >= 11 is 0. The Balaban J connectivity index is 1.38. The van der Waals surface area contributed by atoms with Gasteiger partial charge in [0.1, 0.15) is 5.75 Å². The summed E-state index contributed by atoms with van der Waals surface area (Å²) < 4.78 is 5.68. The van der Waals surface area contributed by atoms with Gasteiger partial charge in [-0.05, 0) is 48.0 Å². The van der Waals surface area contributed by atoms with Crippen LogP contribution in [0.4, 0.5) is 0 Å². The van der Waals surface area contributed by atoms with Crippen molar-refractivity contribution in [2.45, 2.75) is 6.54 Å². The van der Waals surface area contributed by atoms with E-state index in [1.807, 2.05) is 36.4 Å². The van der Waals surface area contributed by atoms with Crippen molar-refractivity contribution in [1.29, 1.82) is 0 Å². The van der Waals surface area contributed by atoms with Crippen LogP contribution in [-0.2, 0) is 6.54 Å². The van der Waals surface area contributed by atoms with E-state index >= 15 is 0 Å². The molecule has 29 heavy (non-hydrogen) atoms. The van der Waals surface area contributed by atoms with Gasteiger partial charge in [0.15, 0.2) is 0 Å². The number of benzene rings is 1. The highest BCUT2D eigenvalue weighted by molar-refractivity contribution is 5.94. The van der Waals surface area contributed by atoms with Crippen LogP contribution >= 0.6 is 0 Å². The van der Waals surface area contributed by atoms with E-state index in [9.17, 15) is 4.79 Å². The lowest BCUT2D eigenvalue weighted by Crippen LogP contribution is -2.22. The molecule has 0 fully saturated rings. The van der Waals surface area contributed by atoms with Crippen molar-refractivity contribution in [1.82, 2.24) is 20.3 Å². The van der Waals surface area contributed by atoms with E-state index in [1.54, 1.807) is 55.1 Å². The molecule has 0 radical (unpaired) electrons. The van der Waals surface area contributed by atoms with Gasteiger partial charge < -0.3 is 10.1 Å². The first-order chi connectivity index (χ1) is 14.3. The molecule has 3 heterocycles. The van der Waals surface area contributed by atoms with Crippen LogP contribution in [0.3, 0.4) is 0 Å². The van der Waals surface area contributed by atoms with Crippen LogP contribution in [0.5, 0.6) is 11.6 Å². The predicted molar refractivity (Wildman–Crippen MR) is 109 cm³/mol. The summed E-state index contributed by atoms with van der Waals surface area (Å²) in [5.41, 5.74) is 3.21. The number of amides is 1. The summed E-state index contributed by atoms with van der Waals surface area (Å²) in [4.78, 5) is 25.2. The third-order valence-corrected chi connectivity index (χ3v) is 4.19. The number of carbonyl (C=O) groups is 1. The van der Waals surface area contributed by atoms with E-state index in [4.69, 9.17) is 4.74 Å². The summed E-state index contributed by atoms with van der Waals surface area (Å²) in [6.45, 7) is 0.379. The van der Waals surface area contributed by atoms with Crippen LogP contribution in [0.15, 0.2) is 91.5 Å². The molecule has 142 valence electrons. The number of aromatic nitrogens is 3. The highest BCUT2D eigenvalue weighted by Crippen LogP contribution is 2.20. The molecule has 0 bridgehead atoms. The third kappa shape index (κ3) is 4.81. The number of pyridine rings is 3. The zero-order valence-corrected chi connectivity index (χ0v) is 15.5. The molecule has 1 aromatic carbocycles. The number of rotatable bonds is 6. The topological polar surface area (TPSA) is 77.0 Å². The second-order valence-corrected chi connectivity index (χ2v) is 6.27. The highest BCUT2D eigenvalue weighted by atomic mass is 16.5. The third-order valence-electron chi connectivity index (χ3n) is 4.19. The first-order valence-corrected chi connectivity index (χ1v) is 9.10. The van der Waals surface area contributed by atoms with Gasteiger partial charge in [-0.25, -0.2) is 4.98 Å². The van der Waals surface area contributed by atoms with Crippen molar-refractivity contribution >= 4 is 5.91 Å². The number of hydrogen-bond acceptors (Lipinski definition) is 5. The Morgan fingerprint density at radius 2 is 1.86 bits per heavy atom. The van der Waals surface area contributed by atoms with Gasteiger partial charge in [0, 0.05) is 48.5 Å². The minimum Gasteiger partial charge on any atom is -0.439 e. The molecular formula is C23H18N4O2. The van der Waals surface area contributed by atoms with E-state index in [1.165, 1.54) is 0 Å². The first kappa shape index (κ1) is 18.3. The molecule has 4 rings (SSSR count). The van der Waals surface area contributed by atoms with Crippen LogP contribution in [0.2, 0.25) is 0 Å². The van der Waals surface area contributed by atoms with Gasteiger partial charge in [0.05, 0.1) is 5.69 Å². The van der Waals surface area contributed by atoms with Crippen LogP contribution in [0, 0.1) is 0 Å². The van der Waals surface area contributed by atoms with Crippen molar-refractivity contribution in [3.05, 3.63) is 103 Å². The fourth-order valence-electron chi connectivity index (χ4n) is 2.73. The normalized spacial score (nSPS) is 10.3. The zero-order chi connectivity index (χ0) is 19.9. The first-order valence-electron chi connectivity index (χ1n) is 9.10. The van der Waals surface area contributed by atoms with Crippen molar-refractivity contribution in [2.24, 2.45) is 0 Å². The second-order valence-electron chi connectivity index (χ2n) is 6.27. The standard InChI is InChI=1S/C23H18N4O2/c28-23(18-5-3-7-20(13-18)29-22-8-1-2-12-25-22)27-15-17-9-10-21(26-14-17)19-6-4-11-24-16-19/h1-14,16H,15H2,(H,27,28). The SMILES string of the molecule is O=C(NCc1ccc(-c2cccnc2)nc1)c1cccc(Oc2ccccn2)c1. The van der Waals surface area contributed by atoms with Gasteiger partial charge in [0.25, 0.3) is 5.91 Å². The Kier molecular flexibility index (Phi) is 5.53. The van der Waals surface area contributed by atoms with E-state index in [0.717, 1.165) is 16.8 Å². The average molecular weight is 382 g/mol. The molecule has 0 saturated carbocycles. The molecule has 1 amide bonds. The molecule has 1 N–H and O–H groups in total. The Morgan fingerprint density at radius 3 is 2.62 bits per heavy atom. The second kappa shape index (κ2) is 8.75. The Morgan fingerprint density at radius 1 is 0.897 bits per heavy atom. The van der Waals surface area contributed by atoms with E-state index in [-0.39, 0.29) is 5.91 Å². The van der Waals surface area contributed by atoms with Crippen molar-refractivity contribution in [3.8, 4) is 22.9 Å². The summed E-state index contributed by atoms with van der Waals surface area (Å²) in [6.07, 6.45) is 6.90. The average Bonchev–Trinajstić information content (AvgIpc) is 2.79. The van der Waals surface area contributed by atoms with Crippen molar-refractivity contribution in [2.75, 3.05) is 0 Å². The van der Waals surface area contributed by atoms with E-state index < -0.39 is 0 Å². The summed E-state index contributed by atoms with van der Waals surface area (Å²) in [5, 5.41) is 2.90. The molecule has 0 atom stereocenters. The molecule has 0 aliphatic heterocycles. The predicted octanol–water partition coefficient (Wildman–Crippen LogP) is 4.26. The molecule has 4 aromatic rings. The lowest BCUT2D eigenvalue weighted by atomic mass is 10.1. The van der Waals surface area contributed by atoms with Gasteiger partial charge in [-0.1, -0.05) is 18.2 Å². The fourth-order valence-corrected chi connectivity index (χ4v) is 2.73. The Hall–Kier alpha value is -4.06. The lowest BCUT2D eigenvalue weighted by molar-refractivity contribution is 0.0950. The highest BCUT2D eigenvalue weighted by Gasteiger charge is 2.08. The van der Waals surface area contributed by atoms with Crippen LogP contribution < -0.4 is 10.1 Å². The molecule has 0 aliphatic carbocycles. The molecule has 0 aliphatic rings. The lowest BCUT2D eigenvalue weighted by Gasteiger charge is -2.08. The monoisotopic (exact) mass is 382 g/mol. The van der Waals surface area contributed by atoms with Gasteiger partial charge in [0.2, 0.25) is 5.88 Å². The van der Waals surface area contributed by atoms with Crippen LogP contribution in [0.1, 0.15) is 15.9 Å². The zero-order valence-electron chi connectivity index (χ0n) is 15.5. The molecule has 0 saturated heterocycles. The summed E-state index contributed by atoms with van der Waals surface area (Å²) in [6, 6.07) is 20.1. The van der Waals surface area contributed by atoms with Gasteiger partial charge in [-0.2, -0.15) is 0 Å². The smallest absolute Gasteiger partial charge is 0.251 e. The van der Waals surface area contributed by atoms with Gasteiger partial charge in [-0.3, -0.25) is 14.8 Å². The van der Waals surface area contributed by atoms with Crippen LogP contribution in [0.25, 0.3) is 11.3 Å². The minimum absolute atomic E-state index is 0.187. The minimum atomic E-state index is -0.187. The van der Waals surface area contributed by atoms with Crippen molar-refractivity contribution < 1.29 is 9.53 Å². The number of nitrogens with zero attached hydrogens (tertiary/aromatic N) is 3. The maximum absolute atomic E-state index is 12.5. The summed E-state index contributed by atoms with van der Waals surface area (Å²) in [5.74, 6) is 0.844. The quantitative estimate of drug-likeness (QED) is 0.539. The molecule has 0 unspecified atom stereocenters. The molecule has 3 aromatic heterocycles. The molecular weight excluding hydrogens is 364 g/mol. The summed E-state index contributed by atoms with van der Waals surface area (Å²) in [7, 11) is 0. The largest absolute Gasteiger partial charge is 0.439 e. The molecule has 6 nitrogen and oxygen atoms in total. The maximum atomic E-state index is 12.5. The number of hydrogen-bond donors (Lipinski definition) is 1.